The van der Waals surface area contributed by atoms with Crippen LogP contribution in [-0.2, 0) is 14.8 Å². The fourth-order valence-electron chi connectivity index (χ4n) is 3.90. The number of anilines is 1. The van der Waals surface area contributed by atoms with Gasteiger partial charge in [-0.1, -0.05) is 40.9 Å². The van der Waals surface area contributed by atoms with Gasteiger partial charge >= 0.3 is 0 Å². The van der Waals surface area contributed by atoms with Gasteiger partial charge in [-0.15, -0.1) is 0 Å². The third-order valence-electron chi connectivity index (χ3n) is 5.14. The third-order valence-corrected chi connectivity index (χ3v) is 8.05. The summed E-state index contributed by atoms with van der Waals surface area (Å²) in [6.07, 6.45) is 1.26. The van der Waals surface area contributed by atoms with Crippen LogP contribution in [0.25, 0.3) is 0 Å². The minimum Gasteiger partial charge on any atom is -0.326 e. The second-order valence-electron chi connectivity index (χ2n) is 7.55. The minimum absolute atomic E-state index is 0.155. The molecule has 1 N–H and O–H groups in total. The van der Waals surface area contributed by atoms with Crippen molar-refractivity contribution in [3.63, 3.8) is 0 Å². The molecule has 1 aliphatic rings. The number of aryl methyl sites for hydroxylation is 3. The van der Waals surface area contributed by atoms with Crippen LogP contribution in [0.1, 0.15) is 29.5 Å². The maximum Gasteiger partial charge on any atom is 0.243 e. The quantitative estimate of drug-likeness (QED) is 0.709. The molecule has 2 aromatic carbocycles. The van der Waals surface area contributed by atoms with Crippen LogP contribution in [-0.4, -0.2) is 31.7 Å². The highest BCUT2D eigenvalue weighted by atomic mass is 35.5. The smallest absolute Gasteiger partial charge is 0.243 e. The molecule has 0 unspecified atom stereocenters. The van der Waals surface area contributed by atoms with E-state index in [-0.39, 0.29) is 12.5 Å². The number of sulfonamides is 1. The number of rotatable bonds is 4. The third kappa shape index (κ3) is 4.77. The van der Waals surface area contributed by atoms with E-state index in [0.717, 1.165) is 16.7 Å². The average Bonchev–Trinajstić information content (AvgIpc) is 2.63. The van der Waals surface area contributed by atoms with Gasteiger partial charge in [0.25, 0.3) is 0 Å². The van der Waals surface area contributed by atoms with Gasteiger partial charge < -0.3 is 5.32 Å². The predicted molar refractivity (Wildman–Crippen MR) is 117 cm³/mol. The number of halogens is 2. The number of amides is 1. The lowest BCUT2D eigenvalue weighted by atomic mass is 9.99. The lowest BCUT2D eigenvalue weighted by Gasteiger charge is -2.32. The Kier molecular flexibility index (Phi) is 6.58. The van der Waals surface area contributed by atoms with Gasteiger partial charge in [-0.25, -0.2) is 8.42 Å². The summed E-state index contributed by atoms with van der Waals surface area (Å²) in [5.41, 5.74) is 3.01. The highest BCUT2D eigenvalue weighted by Crippen LogP contribution is 2.30. The molecule has 29 heavy (non-hydrogen) atoms. The van der Waals surface area contributed by atoms with Crippen molar-refractivity contribution in [1.82, 2.24) is 4.31 Å². The molecule has 1 fully saturated rings. The van der Waals surface area contributed by atoms with E-state index in [9.17, 15) is 13.2 Å². The van der Waals surface area contributed by atoms with Gasteiger partial charge in [0.1, 0.15) is 0 Å². The van der Waals surface area contributed by atoms with Gasteiger partial charge in [0.15, 0.2) is 0 Å². The monoisotopic (exact) mass is 454 g/mol. The van der Waals surface area contributed by atoms with E-state index in [0.29, 0.717) is 40.0 Å². The van der Waals surface area contributed by atoms with Crippen LogP contribution in [0.4, 0.5) is 5.69 Å². The second-order valence-corrected chi connectivity index (χ2v) is 10.2. The Morgan fingerprint density at radius 2 is 1.72 bits per heavy atom. The fraction of sp³-hybridized carbons (Fsp3) is 0.381. The number of benzene rings is 2. The Balaban J connectivity index is 1.79. The molecule has 2 aromatic rings. The van der Waals surface area contributed by atoms with Crippen LogP contribution in [0.3, 0.4) is 0 Å². The van der Waals surface area contributed by atoms with E-state index in [1.54, 1.807) is 18.2 Å². The van der Waals surface area contributed by atoms with Crippen LogP contribution >= 0.6 is 23.2 Å². The SMILES string of the molecule is Cc1cc(C)c(S(=O)(=O)N2CCC[C@@H](C(=O)Nc3ccc(Cl)c(Cl)c3)C2)c(C)c1. The topological polar surface area (TPSA) is 66.5 Å². The predicted octanol–water partition coefficient (Wildman–Crippen LogP) is 4.96. The number of carbonyl (C=O) groups excluding carboxylic acids is 1. The first kappa shape index (κ1) is 22.1. The van der Waals surface area contributed by atoms with E-state index < -0.39 is 15.9 Å². The van der Waals surface area contributed by atoms with Gasteiger partial charge in [0.05, 0.1) is 20.9 Å². The Bertz CT molecular complexity index is 1030. The molecule has 0 aromatic heterocycles. The normalized spacial score (nSPS) is 17.9. The van der Waals surface area contributed by atoms with E-state index in [2.05, 4.69) is 5.32 Å². The van der Waals surface area contributed by atoms with Gasteiger partial charge in [0.2, 0.25) is 15.9 Å². The van der Waals surface area contributed by atoms with Crippen LogP contribution in [0.5, 0.6) is 0 Å². The van der Waals surface area contributed by atoms with Crippen molar-refractivity contribution < 1.29 is 13.2 Å². The largest absolute Gasteiger partial charge is 0.326 e. The molecule has 0 saturated carbocycles. The molecular weight excluding hydrogens is 431 g/mol. The molecule has 0 radical (unpaired) electrons. The summed E-state index contributed by atoms with van der Waals surface area (Å²) in [7, 11) is -3.68. The summed E-state index contributed by atoms with van der Waals surface area (Å²) in [6, 6.07) is 8.61. The number of nitrogens with zero attached hydrogens (tertiary/aromatic N) is 1. The molecule has 1 heterocycles. The van der Waals surface area contributed by atoms with Gasteiger partial charge in [0, 0.05) is 18.8 Å². The summed E-state index contributed by atoms with van der Waals surface area (Å²) in [4.78, 5) is 13.1. The van der Waals surface area contributed by atoms with E-state index in [1.165, 1.54) is 4.31 Å². The van der Waals surface area contributed by atoms with Crippen molar-refractivity contribution in [2.24, 2.45) is 5.92 Å². The molecule has 0 aliphatic carbocycles. The molecule has 8 heteroatoms. The van der Waals surface area contributed by atoms with Crippen LogP contribution in [0.15, 0.2) is 35.2 Å². The molecule has 156 valence electrons. The van der Waals surface area contributed by atoms with Crippen molar-refractivity contribution in [1.29, 1.82) is 0 Å². The number of hydrogen-bond acceptors (Lipinski definition) is 3. The molecule has 1 saturated heterocycles. The first-order chi connectivity index (χ1) is 13.6. The summed E-state index contributed by atoms with van der Waals surface area (Å²) >= 11 is 11.9. The molecule has 1 aliphatic heterocycles. The van der Waals surface area contributed by atoms with Crippen molar-refractivity contribution in [3.05, 3.63) is 57.1 Å². The average molecular weight is 455 g/mol. The standard InChI is InChI=1S/C21H24Cl2N2O3S/c1-13-9-14(2)20(15(3)10-13)29(27,28)25-8-4-5-16(12-25)21(26)24-17-6-7-18(22)19(23)11-17/h6-7,9-11,16H,4-5,8,12H2,1-3H3,(H,24,26)/t16-/m1/s1. The molecule has 0 spiro atoms. The molecular formula is C21H24Cl2N2O3S. The lowest BCUT2D eigenvalue weighted by Crippen LogP contribution is -2.44. The fourth-order valence-corrected chi connectivity index (χ4v) is 6.13. The molecule has 0 bridgehead atoms. The van der Waals surface area contributed by atoms with Crippen molar-refractivity contribution in [3.8, 4) is 0 Å². The number of hydrogen-bond donors (Lipinski definition) is 1. The second kappa shape index (κ2) is 8.64. The van der Waals surface area contributed by atoms with Gasteiger partial charge in [-0.3, -0.25) is 4.79 Å². The van der Waals surface area contributed by atoms with Crippen LogP contribution in [0, 0.1) is 26.7 Å². The van der Waals surface area contributed by atoms with E-state index >= 15 is 0 Å². The lowest BCUT2D eigenvalue weighted by molar-refractivity contribution is -0.120. The number of piperidine rings is 1. The molecule has 1 amide bonds. The maximum atomic E-state index is 13.3. The zero-order valence-corrected chi connectivity index (χ0v) is 19.0. The van der Waals surface area contributed by atoms with Crippen molar-refractivity contribution in [2.45, 2.75) is 38.5 Å². The molecule has 5 nitrogen and oxygen atoms in total. The van der Waals surface area contributed by atoms with E-state index in [1.807, 2.05) is 32.9 Å². The molecule has 1 atom stereocenters. The first-order valence-corrected chi connectivity index (χ1v) is 11.6. The highest BCUT2D eigenvalue weighted by Gasteiger charge is 2.34. The number of carbonyl (C=O) groups is 1. The Labute approximate surface area is 182 Å². The van der Waals surface area contributed by atoms with Crippen LogP contribution < -0.4 is 5.32 Å². The summed E-state index contributed by atoms with van der Waals surface area (Å²) in [5.74, 6) is -0.653. The zero-order chi connectivity index (χ0) is 21.3. The van der Waals surface area contributed by atoms with Crippen LogP contribution in [0.2, 0.25) is 10.0 Å². The summed E-state index contributed by atoms with van der Waals surface area (Å²) in [5, 5.41) is 3.57. The van der Waals surface area contributed by atoms with Crippen molar-refractivity contribution in [2.75, 3.05) is 18.4 Å². The van der Waals surface area contributed by atoms with Gasteiger partial charge in [-0.2, -0.15) is 4.31 Å². The summed E-state index contributed by atoms with van der Waals surface area (Å²) < 4.78 is 28.1. The Hall–Kier alpha value is -1.60. The summed E-state index contributed by atoms with van der Waals surface area (Å²) in [6.45, 7) is 6.13. The minimum atomic E-state index is -3.68. The molecule has 3 rings (SSSR count). The number of nitrogens with one attached hydrogen (secondary N) is 1. The van der Waals surface area contributed by atoms with Gasteiger partial charge in [-0.05, 0) is 62.9 Å². The maximum absolute atomic E-state index is 13.3. The van der Waals surface area contributed by atoms with E-state index in [4.69, 9.17) is 23.2 Å². The zero-order valence-electron chi connectivity index (χ0n) is 16.6. The Morgan fingerprint density at radius 1 is 1.07 bits per heavy atom. The van der Waals surface area contributed by atoms with Crippen molar-refractivity contribution >= 4 is 44.8 Å². The Morgan fingerprint density at radius 3 is 2.34 bits per heavy atom. The first-order valence-electron chi connectivity index (χ1n) is 9.43. The highest BCUT2D eigenvalue weighted by molar-refractivity contribution is 7.89.